The second-order valence-electron chi connectivity index (χ2n) is 3.74. The van der Waals surface area contributed by atoms with Gasteiger partial charge in [-0.3, -0.25) is 0 Å². The van der Waals surface area contributed by atoms with Crippen LogP contribution in [0.25, 0.3) is 0 Å². The quantitative estimate of drug-likeness (QED) is 0.786. The summed E-state index contributed by atoms with van der Waals surface area (Å²) in [5.41, 5.74) is 2.16. The molecule has 0 aliphatic carbocycles. The molecule has 0 atom stereocenters. The monoisotopic (exact) mass is 344 g/mol. The summed E-state index contributed by atoms with van der Waals surface area (Å²) in [5.74, 6) is 1.28. The highest BCUT2D eigenvalue weighted by molar-refractivity contribution is 9.10. The number of hydrogen-bond donors (Lipinski definition) is 1. The highest BCUT2D eigenvalue weighted by Gasteiger charge is 2.03. The number of nitrogens with one attached hydrogen (secondary N) is 1. The van der Waals surface area contributed by atoms with Crippen LogP contribution < -0.4 is 5.32 Å². The molecule has 1 N–H and O–H groups in total. The van der Waals surface area contributed by atoms with Crippen LogP contribution in [0.5, 0.6) is 0 Å². The molecule has 94 valence electrons. The van der Waals surface area contributed by atoms with Crippen LogP contribution in [0, 0.1) is 0 Å². The van der Waals surface area contributed by atoms with Gasteiger partial charge in [0.15, 0.2) is 0 Å². The number of hydrogen-bond acceptors (Lipinski definition) is 2. The number of nitrogens with zero attached hydrogens (tertiary/aromatic N) is 1. The first-order valence-corrected chi connectivity index (χ1v) is 7.12. The summed E-state index contributed by atoms with van der Waals surface area (Å²) < 4.78 is 0.857. The van der Waals surface area contributed by atoms with Crippen LogP contribution >= 0.6 is 39.1 Å². The Bertz CT molecular complexity index is 529. The molecular weight excluding hydrogens is 335 g/mol. The Hall–Kier alpha value is -0.770. The van der Waals surface area contributed by atoms with Gasteiger partial charge in [0.05, 0.1) is 5.02 Å². The first-order valence-electron chi connectivity index (χ1n) is 5.42. The number of anilines is 2. The minimum atomic E-state index is 0.578. The van der Waals surface area contributed by atoms with Crippen LogP contribution in [0.2, 0.25) is 5.02 Å². The summed E-state index contributed by atoms with van der Waals surface area (Å²) in [6.45, 7) is 0. The normalized spacial score (nSPS) is 10.4. The van der Waals surface area contributed by atoms with Gasteiger partial charge >= 0.3 is 0 Å². The maximum absolute atomic E-state index is 6.09. The molecule has 0 spiro atoms. The van der Waals surface area contributed by atoms with Gasteiger partial charge in [0.25, 0.3) is 0 Å². The van der Waals surface area contributed by atoms with E-state index < -0.39 is 0 Å². The SMILES string of the molecule is ClCCc1ccc(Nc2ncc(Br)cc2Cl)cc1. The van der Waals surface area contributed by atoms with Gasteiger partial charge in [-0.25, -0.2) is 4.98 Å². The molecule has 0 aliphatic heterocycles. The van der Waals surface area contributed by atoms with E-state index in [9.17, 15) is 0 Å². The zero-order chi connectivity index (χ0) is 13.0. The molecule has 2 aromatic rings. The molecule has 0 aliphatic rings. The first kappa shape index (κ1) is 13.7. The van der Waals surface area contributed by atoms with Crippen LogP contribution in [0.3, 0.4) is 0 Å². The number of aromatic nitrogens is 1. The van der Waals surface area contributed by atoms with Crippen molar-refractivity contribution in [2.24, 2.45) is 0 Å². The summed E-state index contributed by atoms with van der Waals surface area (Å²) in [6.07, 6.45) is 2.58. The van der Waals surface area contributed by atoms with E-state index in [1.807, 2.05) is 24.3 Å². The van der Waals surface area contributed by atoms with Gasteiger partial charge in [-0.2, -0.15) is 0 Å². The van der Waals surface area contributed by atoms with Crippen molar-refractivity contribution in [1.82, 2.24) is 4.98 Å². The minimum Gasteiger partial charge on any atom is -0.339 e. The maximum atomic E-state index is 6.09. The molecule has 0 saturated heterocycles. The Labute approximate surface area is 124 Å². The van der Waals surface area contributed by atoms with Crippen molar-refractivity contribution < 1.29 is 0 Å². The Morgan fingerprint density at radius 3 is 2.56 bits per heavy atom. The Morgan fingerprint density at radius 1 is 1.22 bits per heavy atom. The summed E-state index contributed by atoms with van der Waals surface area (Å²) >= 11 is 15.1. The number of rotatable bonds is 4. The van der Waals surface area contributed by atoms with E-state index in [-0.39, 0.29) is 0 Å². The van der Waals surface area contributed by atoms with Crippen molar-refractivity contribution in [3.8, 4) is 0 Å². The predicted molar refractivity (Wildman–Crippen MR) is 81.1 cm³/mol. The fraction of sp³-hybridized carbons (Fsp3) is 0.154. The highest BCUT2D eigenvalue weighted by Crippen LogP contribution is 2.25. The third-order valence-electron chi connectivity index (χ3n) is 2.41. The van der Waals surface area contributed by atoms with Crippen molar-refractivity contribution in [2.45, 2.75) is 6.42 Å². The van der Waals surface area contributed by atoms with Crippen LogP contribution in [0.15, 0.2) is 41.0 Å². The van der Waals surface area contributed by atoms with Gasteiger partial charge in [-0.1, -0.05) is 23.7 Å². The fourth-order valence-electron chi connectivity index (χ4n) is 1.51. The van der Waals surface area contributed by atoms with E-state index in [4.69, 9.17) is 23.2 Å². The molecule has 0 saturated carbocycles. The Balaban J connectivity index is 2.13. The molecule has 1 heterocycles. The number of alkyl halides is 1. The molecule has 0 radical (unpaired) electrons. The zero-order valence-corrected chi connectivity index (χ0v) is 12.6. The third kappa shape index (κ3) is 3.61. The Morgan fingerprint density at radius 2 is 1.94 bits per heavy atom. The fourth-order valence-corrected chi connectivity index (χ4v) is 2.40. The van der Waals surface area contributed by atoms with Gasteiger partial charge in [0.1, 0.15) is 5.82 Å². The maximum Gasteiger partial charge on any atom is 0.149 e. The molecule has 0 unspecified atom stereocenters. The van der Waals surface area contributed by atoms with Gasteiger partial charge < -0.3 is 5.32 Å². The lowest BCUT2D eigenvalue weighted by molar-refractivity contribution is 1.15. The highest BCUT2D eigenvalue weighted by atomic mass is 79.9. The molecule has 18 heavy (non-hydrogen) atoms. The van der Waals surface area contributed by atoms with E-state index in [1.54, 1.807) is 12.3 Å². The topological polar surface area (TPSA) is 24.9 Å². The molecular formula is C13H11BrCl2N2. The molecule has 0 bridgehead atoms. The lowest BCUT2D eigenvalue weighted by Crippen LogP contribution is -1.95. The average molecular weight is 346 g/mol. The van der Waals surface area contributed by atoms with Crippen LogP contribution in [-0.2, 0) is 6.42 Å². The summed E-state index contributed by atoms with van der Waals surface area (Å²) in [5, 5.41) is 3.75. The second-order valence-corrected chi connectivity index (χ2v) is 5.45. The van der Waals surface area contributed by atoms with Crippen molar-refractivity contribution in [3.63, 3.8) is 0 Å². The van der Waals surface area contributed by atoms with Gasteiger partial charge in [0.2, 0.25) is 0 Å². The van der Waals surface area contributed by atoms with Crippen molar-refractivity contribution in [3.05, 3.63) is 51.6 Å². The zero-order valence-electron chi connectivity index (χ0n) is 9.46. The average Bonchev–Trinajstić information content (AvgIpc) is 2.35. The smallest absolute Gasteiger partial charge is 0.149 e. The Kier molecular flexibility index (Phi) is 4.87. The lowest BCUT2D eigenvalue weighted by Gasteiger charge is -2.08. The number of aryl methyl sites for hydroxylation is 1. The van der Waals surface area contributed by atoms with E-state index in [0.717, 1.165) is 16.6 Å². The molecule has 2 nitrogen and oxygen atoms in total. The molecule has 0 fully saturated rings. The predicted octanol–water partition coefficient (Wildman–Crippen LogP) is 5.02. The lowest BCUT2D eigenvalue weighted by atomic mass is 10.1. The van der Waals surface area contributed by atoms with Crippen molar-refractivity contribution in [2.75, 3.05) is 11.2 Å². The van der Waals surface area contributed by atoms with Crippen LogP contribution in [0.4, 0.5) is 11.5 Å². The van der Waals surface area contributed by atoms with E-state index in [0.29, 0.717) is 16.7 Å². The van der Waals surface area contributed by atoms with Crippen LogP contribution in [0.1, 0.15) is 5.56 Å². The summed E-state index contributed by atoms with van der Waals surface area (Å²) in [6, 6.07) is 9.86. The van der Waals surface area contributed by atoms with Gasteiger partial charge in [0, 0.05) is 22.2 Å². The minimum absolute atomic E-state index is 0.578. The van der Waals surface area contributed by atoms with Crippen molar-refractivity contribution >= 4 is 50.6 Å². The largest absolute Gasteiger partial charge is 0.339 e. The van der Waals surface area contributed by atoms with E-state index in [2.05, 4.69) is 26.2 Å². The molecule has 1 aromatic heterocycles. The third-order valence-corrected chi connectivity index (χ3v) is 3.32. The van der Waals surface area contributed by atoms with Gasteiger partial charge in [-0.05, 0) is 46.1 Å². The van der Waals surface area contributed by atoms with Crippen molar-refractivity contribution in [1.29, 1.82) is 0 Å². The number of benzene rings is 1. The second kappa shape index (κ2) is 6.41. The molecule has 0 amide bonds. The molecule has 5 heteroatoms. The number of halogens is 3. The van der Waals surface area contributed by atoms with E-state index >= 15 is 0 Å². The standard InChI is InChI=1S/C13H11BrCl2N2/c14-10-7-12(16)13(17-8-10)18-11-3-1-9(2-4-11)5-6-15/h1-4,7-8H,5-6H2,(H,17,18). The first-order chi connectivity index (χ1) is 8.69. The van der Waals surface area contributed by atoms with E-state index in [1.165, 1.54) is 5.56 Å². The summed E-state index contributed by atoms with van der Waals surface area (Å²) in [4.78, 5) is 4.22. The molecule has 2 rings (SSSR count). The molecule has 1 aromatic carbocycles. The van der Waals surface area contributed by atoms with Crippen LogP contribution in [-0.4, -0.2) is 10.9 Å². The van der Waals surface area contributed by atoms with Gasteiger partial charge in [-0.15, -0.1) is 11.6 Å². The summed E-state index contributed by atoms with van der Waals surface area (Å²) in [7, 11) is 0. The number of pyridine rings is 1.